The van der Waals surface area contributed by atoms with Gasteiger partial charge in [0.1, 0.15) is 0 Å². The van der Waals surface area contributed by atoms with E-state index in [0.717, 1.165) is 18.5 Å². The van der Waals surface area contributed by atoms with Crippen LogP contribution in [0.5, 0.6) is 0 Å². The highest BCUT2D eigenvalue weighted by molar-refractivity contribution is 7.10. The van der Waals surface area contributed by atoms with Crippen LogP contribution in [-0.4, -0.2) is 12.6 Å². The second kappa shape index (κ2) is 6.21. The molecule has 1 fully saturated rings. The summed E-state index contributed by atoms with van der Waals surface area (Å²) in [7, 11) is 0. The first-order chi connectivity index (χ1) is 8.62. The number of hydrogen-bond acceptors (Lipinski definition) is 2. The Morgan fingerprint density at radius 1 is 1.39 bits per heavy atom. The molecular weight excluding hydrogens is 238 g/mol. The first-order valence-electron chi connectivity index (χ1n) is 7.39. The molecule has 2 rings (SSSR count). The summed E-state index contributed by atoms with van der Waals surface area (Å²) in [6, 6.07) is 5.18. The predicted octanol–water partition coefficient (Wildman–Crippen LogP) is 4.58. The summed E-state index contributed by atoms with van der Waals surface area (Å²) in [5.74, 6) is 0.959. The number of hydrogen-bond donors (Lipinski definition) is 1. The van der Waals surface area contributed by atoms with Crippen LogP contribution in [0.25, 0.3) is 0 Å². The largest absolute Gasteiger partial charge is 0.313 e. The van der Waals surface area contributed by atoms with Crippen LogP contribution in [-0.2, 0) is 5.41 Å². The number of rotatable bonds is 5. The van der Waals surface area contributed by atoms with Gasteiger partial charge in [0.15, 0.2) is 0 Å². The molecule has 1 aromatic heterocycles. The van der Waals surface area contributed by atoms with E-state index in [2.05, 4.69) is 43.6 Å². The van der Waals surface area contributed by atoms with E-state index < -0.39 is 0 Å². The van der Waals surface area contributed by atoms with E-state index in [9.17, 15) is 0 Å². The van der Waals surface area contributed by atoms with E-state index in [-0.39, 0.29) is 5.41 Å². The van der Waals surface area contributed by atoms with Gasteiger partial charge < -0.3 is 5.32 Å². The smallest absolute Gasteiger partial charge is 0.0115 e. The molecule has 1 nitrogen and oxygen atoms in total. The van der Waals surface area contributed by atoms with Gasteiger partial charge in [-0.1, -0.05) is 46.1 Å². The first kappa shape index (κ1) is 14.1. The molecule has 18 heavy (non-hydrogen) atoms. The third-order valence-corrected chi connectivity index (χ3v) is 5.62. The molecule has 1 saturated carbocycles. The van der Waals surface area contributed by atoms with Crippen LogP contribution in [0.3, 0.4) is 0 Å². The first-order valence-corrected chi connectivity index (χ1v) is 8.27. The summed E-state index contributed by atoms with van der Waals surface area (Å²) < 4.78 is 0. The van der Waals surface area contributed by atoms with Crippen LogP contribution < -0.4 is 5.32 Å². The molecule has 1 heterocycles. The fraction of sp³-hybridized carbons (Fsp3) is 0.750. The summed E-state index contributed by atoms with van der Waals surface area (Å²) in [5.41, 5.74) is 0.271. The maximum absolute atomic E-state index is 3.82. The molecular formula is C16H27NS. The van der Waals surface area contributed by atoms with E-state index in [1.807, 2.05) is 11.3 Å². The fourth-order valence-corrected chi connectivity index (χ4v) is 3.85. The van der Waals surface area contributed by atoms with Crippen molar-refractivity contribution in [2.24, 2.45) is 5.92 Å². The molecule has 0 radical (unpaired) electrons. The SMILES string of the molecule is CCC1CCCC(NCC(C)(C)c2cccs2)C1. The lowest BCUT2D eigenvalue weighted by Gasteiger charge is -2.32. The quantitative estimate of drug-likeness (QED) is 0.821. The van der Waals surface area contributed by atoms with E-state index >= 15 is 0 Å². The molecule has 1 aliphatic rings. The van der Waals surface area contributed by atoms with Gasteiger partial charge in [-0.2, -0.15) is 0 Å². The highest BCUT2D eigenvalue weighted by Crippen LogP contribution is 2.29. The van der Waals surface area contributed by atoms with E-state index in [4.69, 9.17) is 0 Å². The Balaban J connectivity index is 1.84. The Hall–Kier alpha value is -0.340. The molecule has 1 aromatic rings. The monoisotopic (exact) mass is 265 g/mol. The van der Waals surface area contributed by atoms with Crippen LogP contribution in [0.1, 0.15) is 57.8 Å². The van der Waals surface area contributed by atoms with E-state index in [1.54, 1.807) is 0 Å². The molecule has 0 aliphatic heterocycles. The summed E-state index contributed by atoms with van der Waals surface area (Å²) >= 11 is 1.88. The Morgan fingerprint density at radius 2 is 2.22 bits per heavy atom. The highest BCUT2D eigenvalue weighted by Gasteiger charge is 2.25. The fourth-order valence-electron chi connectivity index (χ4n) is 3.00. The Bertz CT molecular complexity index is 342. The van der Waals surface area contributed by atoms with Crippen molar-refractivity contribution >= 4 is 11.3 Å². The van der Waals surface area contributed by atoms with Gasteiger partial charge in [0, 0.05) is 22.9 Å². The van der Waals surface area contributed by atoms with Crippen LogP contribution in [0.15, 0.2) is 17.5 Å². The van der Waals surface area contributed by atoms with Gasteiger partial charge in [0.05, 0.1) is 0 Å². The summed E-state index contributed by atoms with van der Waals surface area (Å²) in [6.45, 7) is 8.15. The Labute approximate surface area is 116 Å². The standard InChI is InChI=1S/C16H27NS/c1-4-13-7-5-8-14(11-13)17-12-16(2,3)15-9-6-10-18-15/h6,9-10,13-14,17H,4-5,7-8,11-12H2,1-3H3. The molecule has 0 spiro atoms. The van der Waals surface area contributed by atoms with Gasteiger partial charge >= 0.3 is 0 Å². The third-order valence-electron chi connectivity index (χ3n) is 4.38. The zero-order valence-corrected chi connectivity index (χ0v) is 12.9. The maximum Gasteiger partial charge on any atom is 0.0115 e. The highest BCUT2D eigenvalue weighted by atomic mass is 32.1. The lowest BCUT2D eigenvalue weighted by molar-refractivity contribution is 0.268. The zero-order valence-electron chi connectivity index (χ0n) is 12.0. The number of thiophene rings is 1. The summed E-state index contributed by atoms with van der Waals surface area (Å²) in [4.78, 5) is 1.50. The van der Waals surface area contributed by atoms with Crippen LogP contribution >= 0.6 is 11.3 Å². The third kappa shape index (κ3) is 3.58. The van der Waals surface area contributed by atoms with Crippen molar-refractivity contribution in [1.82, 2.24) is 5.32 Å². The van der Waals surface area contributed by atoms with Crippen LogP contribution in [0.2, 0.25) is 0 Å². The van der Waals surface area contributed by atoms with Gasteiger partial charge in [-0.15, -0.1) is 11.3 Å². The topological polar surface area (TPSA) is 12.0 Å². The molecule has 1 aliphatic carbocycles. The molecule has 0 bridgehead atoms. The second-order valence-corrected chi connectivity index (χ2v) is 7.33. The Kier molecular flexibility index (Phi) is 4.85. The molecule has 2 atom stereocenters. The Morgan fingerprint density at radius 3 is 2.89 bits per heavy atom. The van der Waals surface area contributed by atoms with Crippen molar-refractivity contribution in [3.8, 4) is 0 Å². The van der Waals surface area contributed by atoms with Gasteiger partial charge in [-0.3, -0.25) is 0 Å². The minimum Gasteiger partial charge on any atom is -0.313 e. The van der Waals surface area contributed by atoms with Crippen molar-refractivity contribution in [3.05, 3.63) is 22.4 Å². The molecule has 0 amide bonds. The number of nitrogens with one attached hydrogen (secondary N) is 1. The second-order valence-electron chi connectivity index (χ2n) is 6.38. The predicted molar refractivity (Wildman–Crippen MR) is 81.4 cm³/mol. The van der Waals surface area contributed by atoms with E-state index in [0.29, 0.717) is 0 Å². The zero-order chi connectivity index (χ0) is 13.0. The molecule has 0 aromatic carbocycles. The average Bonchev–Trinajstić information content (AvgIpc) is 2.91. The summed E-state index contributed by atoms with van der Waals surface area (Å²) in [6.07, 6.45) is 6.97. The van der Waals surface area contributed by atoms with Crippen molar-refractivity contribution in [3.63, 3.8) is 0 Å². The minimum absolute atomic E-state index is 0.271. The van der Waals surface area contributed by atoms with Gasteiger partial charge in [-0.25, -0.2) is 0 Å². The molecule has 1 N–H and O–H groups in total. The lowest BCUT2D eigenvalue weighted by Crippen LogP contribution is -2.41. The normalized spacial score (nSPS) is 25.3. The lowest BCUT2D eigenvalue weighted by atomic mass is 9.83. The van der Waals surface area contributed by atoms with Gasteiger partial charge in [0.2, 0.25) is 0 Å². The molecule has 102 valence electrons. The van der Waals surface area contributed by atoms with Crippen molar-refractivity contribution in [1.29, 1.82) is 0 Å². The van der Waals surface area contributed by atoms with Gasteiger partial charge in [-0.05, 0) is 30.2 Å². The molecule has 0 saturated heterocycles. The molecule has 2 heteroatoms. The van der Waals surface area contributed by atoms with Gasteiger partial charge in [0.25, 0.3) is 0 Å². The van der Waals surface area contributed by atoms with Crippen molar-refractivity contribution < 1.29 is 0 Å². The van der Waals surface area contributed by atoms with Crippen LogP contribution in [0, 0.1) is 5.92 Å². The molecule has 2 unspecified atom stereocenters. The van der Waals surface area contributed by atoms with Crippen molar-refractivity contribution in [2.75, 3.05) is 6.54 Å². The van der Waals surface area contributed by atoms with E-state index in [1.165, 1.54) is 37.0 Å². The summed E-state index contributed by atoms with van der Waals surface area (Å²) in [5, 5.41) is 6.01. The average molecular weight is 265 g/mol. The van der Waals surface area contributed by atoms with Crippen LogP contribution in [0.4, 0.5) is 0 Å². The van der Waals surface area contributed by atoms with Crippen molar-refractivity contribution in [2.45, 2.75) is 64.3 Å². The minimum atomic E-state index is 0.271. The maximum atomic E-state index is 3.82.